The van der Waals surface area contributed by atoms with Crippen molar-refractivity contribution >= 4 is 23.7 Å². The number of urea groups is 1. The first-order chi connectivity index (χ1) is 8.49. The van der Waals surface area contributed by atoms with Gasteiger partial charge in [0.05, 0.1) is 10.5 Å². The molecule has 2 rings (SSSR count). The molecule has 1 saturated heterocycles. The molecule has 0 bridgehead atoms. The number of carbonyl (C=O) groups is 2. The van der Waals surface area contributed by atoms with Gasteiger partial charge in [0.25, 0.3) is 11.6 Å². The van der Waals surface area contributed by atoms with Crippen molar-refractivity contribution < 1.29 is 14.5 Å². The summed E-state index contributed by atoms with van der Waals surface area (Å²) in [5, 5.41) is 15.2. The van der Waals surface area contributed by atoms with Gasteiger partial charge in [-0.1, -0.05) is 12.1 Å². The number of nitro groups is 1. The summed E-state index contributed by atoms with van der Waals surface area (Å²) in [4.78, 5) is 32.6. The molecule has 7 nitrogen and oxygen atoms in total. The SMILES string of the molecule is Cc1cccc([N+](=O)[O-])c1/C=C1/NC(=O)NC1=O. The number of benzene rings is 1. The van der Waals surface area contributed by atoms with Gasteiger partial charge in [0, 0.05) is 6.07 Å². The first kappa shape index (κ1) is 11.8. The highest BCUT2D eigenvalue weighted by molar-refractivity contribution is 6.14. The third kappa shape index (κ3) is 2.05. The molecule has 0 aromatic heterocycles. The van der Waals surface area contributed by atoms with Crippen LogP contribution in [0.4, 0.5) is 10.5 Å². The summed E-state index contributed by atoms with van der Waals surface area (Å²) in [6.45, 7) is 1.69. The third-order valence-corrected chi connectivity index (χ3v) is 2.51. The molecule has 1 heterocycles. The molecular weight excluding hydrogens is 238 g/mol. The first-order valence-electron chi connectivity index (χ1n) is 5.07. The molecule has 1 aromatic carbocycles. The summed E-state index contributed by atoms with van der Waals surface area (Å²) in [7, 11) is 0. The van der Waals surface area contributed by atoms with Crippen molar-refractivity contribution in [3.8, 4) is 0 Å². The van der Waals surface area contributed by atoms with Gasteiger partial charge in [-0.05, 0) is 18.6 Å². The van der Waals surface area contributed by atoms with Gasteiger partial charge < -0.3 is 5.32 Å². The second-order valence-electron chi connectivity index (χ2n) is 3.73. The van der Waals surface area contributed by atoms with Crippen LogP contribution in [0.1, 0.15) is 11.1 Å². The smallest absolute Gasteiger partial charge is 0.303 e. The average Bonchev–Trinajstić information content (AvgIpc) is 2.60. The molecule has 1 aliphatic heterocycles. The molecule has 1 aromatic rings. The number of hydrogen-bond donors (Lipinski definition) is 2. The van der Waals surface area contributed by atoms with Crippen LogP contribution in [0.3, 0.4) is 0 Å². The monoisotopic (exact) mass is 247 g/mol. The molecule has 0 spiro atoms. The molecule has 0 unspecified atom stereocenters. The van der Waals surface area contributed by atoms with E-state index < -0.39 is 16.9 Å². The Hall–Kier alpha value is -2.70. The van der Waals surface area contributed by atoms with E-state index in [1.54, 1.807) is 19.1 Å². The Morgan fingerprint density at radius 2 is 2.00 bits per heavy atom. The van der Waals surface area contributed by atoms with Gasteiger partial charge in [-0.2, -0.15) is 0 Å². The topological polar surface area (TPSA) is 101 Å². The number of nitro benzene ring substituents is 1. The molecule has 18 heavy (non-hydrogen) atoms. The zero-order valence-electron chi connectivity index (χ0n) is 9.39. The van der Waals surface area contributed by atoms with Gasteiger partial charge >= 0.3 is 6.03 Å². The minimum atomic E-state index is -0.637. The predicted molar refractivity (Wildman–Crippen MR) is 62.5 cm³/mol. The molecule has 0 saturated carbocycles. The Labute approximate surface area is 102 Å². The van der Waals surface area contributed by atoms with Crippen molar-refractivity contribution in [3.05, 3.63) is 45.1 Å². The Morgan fingerprint density at radius 3 is 2.56 bits per heavy atom. The van der Waals surface area contributed by atoms with Crippen molar-refractivity contribution in [1.82, 2.24) is 10.6 Å². The van der Waals surface area contributed by atoms with Gasteiger partial charge in [-0.25, -0.2) is 4.79 Å². The standard InChI is InChI=1S/C11H9N3O4/c1-6-3-2-4-9(14(17)18)7(6)5-8-10(15)13-11(16)12-8/h2-5H,1H3,(H2,12,13,15,16)/b8-5+. The number of rotatable bonds is 2. The quantitative estimate of drug-likeness (QED) is 0.353. The Bertz CT molecular complexity index is 592. The van der Waals surface area contributed by atoms with Crippen molar-refractivity contribution in [1.29, 1.82) is 0 Å². The fourth-order valence-electron chi connectivity index (χ4n) is 1.64. The zero-order valence-corrected chi connectivity index (χ0v) is 9.39. The summed E-state index contributed by atoms with van der Waals surface area (Å²) in [5.74, 6) is -0.599. The molecular formula is C11H9N3O4. The maximum atomic E-state index is 11.3. The van der Waals surface area contributed by atoms with Gasteiger partial charge in [-0.3, -0.25) is 20.2 Å². The molecule has 0 radical (unpaired) electrons. The first-order valence-corrected chi connectivity index (χ1v) is 5.07. The van der Waals surface area contributed by atoms with E-state index in [0.29, 0.717) is 11.1 Å². The lowest BCUT2D eigenvalue weighted by atomic mass is 10.1. The minimum Gasteiger partial charge on any atom is -0.303 e. The van der Waals surface area contributed by atoms with E-state index in [1.165, 1.54) is 12.1 Å². The molecule has 1 aliphatic rings. The second-order valence-corrected chi connectivity index (χ2v) is 3.73. The van der Waals surface area contributed by atoms with E-state index in [2.05, 4.69) is 5.32 Å². The van der Waals surface area contributed by atoms with E-state index in [9.17, 15) is 19.7 Å². The van der Waals surface area contributed by atoms with Crippen molar-refractivity contribution in [2.75, 3.05) is 0 Å². The lowest BCUT2D eigenvalue weighted by Gasteiger charge is -2.02. The number of amides is 3. The molecule has 0 aliphatic carbocycles. The highest BCUT2D eigenvalue weighted by atomic mass is 16.6. The summed E-state index contributed by atoms with van der Waals surface area (Å²) in [6.07, 6.45) is 1.30. The van der Waals surface area contributed by atoms with Crippen LogP contribution >= 0.6 is 0 Å². The molecule has 3 amide bonds. The summed E-state index contributed by atoms with van der Waals surface area (Å²) >= 11 is 0. The molecule has 7 heteroatoms. The van der Waals surface area contributed by atoms with Gasteiger partial charge in [-0.15, -0.1) is 0 Å². The number of aryl methyl sites for hydroxylation is 1. The number of nitrogens with one attached hydrogen (secondary N) is 2. The summed E-state index contributed by atoms with van der Waals surface area (Å²) in [5.41, 5.74) is 0.828. The van der Waals surface area contributed by atoms with Crippen LogP contribution in [0.5, 0.6) is 0 Å². The average molecular weight is 247 g/mol. The Kier molecular flexibility index (Phi) is 2.80. The van der Waals surface area contributed by atoms with E-state index in [-0.39, 0.29) is 11.4 Å². The van der Waals surface area contributed by atoms with Crippen molar-refractivity contribution in [2.24, 2.45) is 0 Å². The second kappa shape index (κ2) is 4.28. The predicted octanol–water partition coefficient (Wildman–Crippen LogP) is 1.08. The third-order valence-electron chi connectivity index (χ3n) is 2.51. The zero-order chi connectivity index (χ0) is 13.3. The largest absolute Gasteiger partial charge is 0.326 e. The minimum absolute atomic E-state index is 0.00241. The lowest BCUT2D eigenvalue weighted by Crippen LogP contribution is -2.22. The fourth-order valence-corrected chi connectivity index (χ4v) is 1.64. The molecule has 1 fully saturated rings. The summed E-state index contributed by atoms with van der Waals surface area (Å²) in [6, 6.07) is 3.95. The fraction of sp³-hybridized carbons (Fsp3) is 0.0909. The van der Waals surface area contributed by atoms with Crippen LogP contribution in [0.2, 0.25) is 0 Å². The van der Waals surface area contributed by atoms with Gasteiger partial charge in [0.2, 0.25) is 0 Å². The number of imide groups is 1. The van der Waals surface area contributed by atoms with Gasteiger partial charge in [0.15, 0.2) is 0 Å². The van der Waals surface area contributed by atoms with Gasteiger partial charge in [0.1, 0.15) is 5.70 Å². The highest BCUT2D eigenvalue weighted by Gasteiger charge is 2.24. The molecule has 2 N–H and O–H groups in total. The lowest BCUT2D eigenvalue weighted by molar-refractivity contribution is -0.385. The van der Waals surface area contributed by atoms with E-state index >= 15 is 0 Å². The molecule has 0 atom stereocenters. The maximum Gasteiger partial charge on any atom is 0.326 e. The van der Waals surface area contributed by atoms with E-state index in [4.69, 9.17) is 0 Å². The normalized spacial score (nSPS) is 16.6. The Balaban J connectivity index is 2.52. The van der Waals surface area contributed by atoms with Crippen LogP contribution in [-0.4, -0.2) is 16.9 Å². The van der Waals surface area contributed by atoms with Crippen LogP contribution in [0.15, 0.2) is 23.9 Å². The number of nitrogens with zero attached hydrogens (tertiary/aromatic N) is 1. The van der Waals surface area contributed by atoms with Crippen LogP contribution in [-0.2, 0) is 4.79 Å². The summed E-state index contributed by atoms with van der Waals surface area (Å²) < 4.78 is 0. The van der Waals surface area contributed by atoms with Crippen molar-refractivity contribution in [2.45, 2.75) is 6.92 Å². The number of carbonyl (C=O) groups excluding carboxylic acids is 2. The van der Waals surface area contributed by atoms with Crippen LogP contribution in [0, 0.1) is 17.0 Å². The van der Waals surface area contributed by atoms with Crippen LogP contribution in [0.25, 0.3) is 6.08 Å². The van der Waals surface area contributed by atoms with E-state index in [0.717, 1.165) is 0 Å². The number of hydrogen-bond acceptors (Lipinski definition) is 4. The Morgan fingerprint density at radius 1 is 1.28 bits per heavy atom. The van der Waals surface area contributed by atoms with Crippen molar-refractivity contribution in [3.63, 3.8) is 0 Å². The maximum absolute atomic E-state index is 11.3. The molecule has 92 valence electrons. The van der Waals surface area contributed by atoms with E-state index in [1.807, 2.05) is 5.32 Å². The van der Waals surface area contributed by atoms with Crippen LogP contribution < -0.4 is 10.6 Å². The highest BCUT2D eigenvalue weighted by Crippen LogP contribution is 2.24.